The van der Waals surface area contributed by atoms with Crippen LogP contribution in [0.3, 0.4) is 0 Å². The van der Waals surface area contributed by atoms with Crippen molar-refractivity contribution >= 4 is 0 Å². The molecule has 68 valence electrons. The number of hydrazine groups is 1. The van der Waals surface area contributed by atoms with Gasteiger partial charge >= 0.3 is 0 Å². The number of ether oxygens (including phenoxy) is 1. The van der Waals surface area contributed by atoms with Crippen molar-refractivity contribution in [2.24, 2.45) is 0 Å². The molecule has 0 saturated carbocycles. The highest BCUT2D eigenvalue weighted by atomic mass is 16.8. The molecule has 1 fully saturated rings. The number of hydroxylamine groups is 1. The molecule has 0 spiro atoms. The number of hydrogen-bond acceptors (Lipinski definition) is 6. The van der Waals surface area contributed by atoms with Crippen molar-refractivity contribution in [3.05, 3.63) is 12.5 Å². The summed E-state index contributed by atoms with van der Waals surface area (Å²) in [6.07, 6.45) is 0.523. The fraction of sp³-hybridized carbons (Fsp3) is 0.667. The second kappa shape index (κ2) is 2.91. The molecule has 3 N–H and O–H groups in total. The van der Waals surface area contributed by atoms with E-state index in [0.717, 1.165) is 0 Å². The van der Waals surface area contributed by atoms with Crippen LogP contribution in [0, 0.1) is 0 Å². The van der Waals surface area contributed by atoms with Crippen LogP contribution in [0.1, 0.15) is 0 Å². The lowest BCUT2D eigenvalue weighted by Gasteiger charge is -2.23. The second-order valence-corrected chi connectivity index (χ2v) is 2.64. The Morgan fingerprint density at radius 1 is 1.50 bits per heavy atom. The molecule has 6 heteroatoms. The molecule has 2 heterocycles. The van der Waals surface area contributed by atoms with Crippen LogP contribution in [-0.4, -0.2) is 40.4 Å². The monoisotopic (exact) mass is 174 g/mol. The van der Waals surface area contributed by atoms with E-state index in [2.05, 4.69) is 5.43 Å². The van der Waals surface area contributed by atoms with E-state index in [-0.39, 0.29) is 6.61 Å². The Labute approximate surface area is 68.9 Å². The van der Waals surface area contributed by atoms with E-state index >= 15 is 0 Å². The summed E-state index contributed by atoms with van der Waals surface area (Å²) in [4.78, 5) is 4.90. The zero-order chi connectivity index (χ0) is 8.55. The lowest BCUT2D eigenvalue weighted by molar-refractivity contribution is -0.236. The summed E-state index contributed by atoms with van der Waals surface area (Å²) in [5.41, 5.74) is 2.68. The summed E-state index contributed by atoms with van der Waals surface area (Å²) in [6, 6.07) is 0. The summed E-state index contributed by atoms with van der Waals surface area (Å²) < 4.78 is 5.06. The van der Waals surface area contributed by atoms with Gasteiger partial charge in [0.2, 0.25) is 0 Å². The largest absolute Gasteiger partial charge is 0.390 e. The first-order valence-electron chi connectivity index (χ1n) is 3.64. The average Bonchev–Trinajstić information content (AvgIpc) is 2.64. The van der Waals surface area contributed by atoms with Crippen molar-refractivity contribution in [3.63, 3.8) is 0 Å². The average molecular weight is 174 g/mol. The fourth-order valence-electron chi connectivity index (χ4n) is 1.15. The summed E-state index contributed by atoms with van der Waals surface area (Å²) in [5, 5.41) is 19.7. The molecule has 0 aromatic carbocycles. The van der Waals surface area contributed by atoms with Crippen LogP contribution in [-0.2, 0) is 9.57 Å². The standard InChI is InChI=1S/C6H10N2O4/c9-4-3-11-6(5(4)10)8-7-1-2-12-8/h1-2,4-7,9-10H,3H2. The Hall–Kier alpha value is -0.820. The maximum atomic E-state index is 9.35. The molecule has 0 bridgehead atoms. The Kier molecular flexibility index (Phi) is 1.89. The van der Waals surface area contributed by atoms with Crippen LogP contribution in [0.5, 0.6) is 0 Å². The molecule has 2 aliphatic rings. The summed E-state index contributed by atoms with van der Waals surface area (Å²) in [5.74, 6) is 0. The van der Waals surface area contributed by atoms with Gasteiger partial charge in [0.05, 0.1) is 12.8 Å². The molecule has 2 rings (SSSR count). The van der Waals surface area contributed by atoms with Crippen LogP contribution in [0.4, 0.5) is 0 Å². The molecule has 2 aliphatic heterocycles. The third-order valence-corrected chi connectivity index (χ3v) is 1.80. The molecule has 1 saturated heterocycles. The van der Waals surface area contributed by atoms with Crippen LogP contribution >= 0.6 is 0 Å². The molecule has 3 unspecified atom stereocenters. The lowest BCUT2D eigenvalue weighted by atomic mass is 10.2. The van der Waals surface area contributed by atoms with Gasteiger partial charge in [0, 0.05) is 0 Å². The van der Waals surface area contributed by atoms with Crippen molar-refractivity contribution in [1.82, 2.24) is 10.6 Å². The van der Waals surface area contributed by atoms with Crippen molar-refractivity contribution in [2.75, 3.05) is 6.61 Å². The van der Waals surface area contributed by atoms with Crippen molar-refractivity contribution in [3.8, 4) is 0 Å². The van der Waals surface area contributed by atoms with Crippen LogP contribution in [0.15, 0.2) is 12.5 Å². The lowest BCUT2D eigenvalue weighted by Crippen LogP contribution is -2.46. The maximum Gasteiger partial charge on any atom is 0.193 e. The second-order valence-electron chi connectivity index (χ2n) is 2.64. The van der Waals surface area contributed by atoms with Crippen molar-refractivity contribution in [1.29, 1.82) is 0 Å². The number of aliphatic hydroxyl groups is 2. The normalized spacial score (nSPS) is 41.3. The first kappa shape index (κ1) is 7.81. The zero-order valence-corrected chi connectivity index (χ0v) is 6.25. The molecule has 0 aromatic rings. The van der Waals surface area contributed by atoms with E-state index in [1.807, 2.05) is 0 Å². The van der Waals surface area contributed by atoms with Crippen LogP contribution in [0.2, 0.25) is 0 Å². The predicted molar refractivity (Wildman–Crippen MR) is 37.0 cm³/mol. The molecule has 0 radical (unpaired) electrons. The molecular formula is C6H10N2O4. The van der Waals surface area contributed by atoms with E-state index in [1.165, 1.54) is 11.4 Å². The highest BCUT2D eigenvalue weighted by Gasteiger charge is 2.40. The number of rotatable bonds is 1. The number of nitrogens with zero attached hydrogens (tertiary/aromatic N) is 1. The number of nitrogens with one attached hydrogen (secondary N) is 1. The molecule has 0 aromatic heterocycles. The Bertz CT molecular complexity index is 190. The Morgan fingerprint density at radius 2 is 2.33 bits per heavy atom. The van der Waals surface area contributed by atoms with E-state index < -0.39 is 18.4 Å². The van der Waals surface area contributed by atoms with Gasteiger partial charge in [-0.25, -0.2) is 0 Å². The van der Waals surface area contributed by atoms with Gasteiger partial charge in [-0.2, -0.15) is 0 Å². The SMILES string of the molecule is OC1COC(N2NC=CO2)C1O. The Morgan fingerprint density at radius 3 is 2.83 bits per heavy atom. The van der Waals surface area contributed by atoms with E-state index in [4.69, 9.17) is 14.7 Å². The summed E-state index contributed by atoms with van der Waals surface area (Å²) in [6.45, 7) is 0.118. The van der Waals surface area contributed by atoms with Gasteiger partial charge in [-0.3, -0.25) is 5.43 Å². The number of aliphatic hydroxyl groups excluding tert-OH is 2. The van der Waals surface area contributed by atoms with Crippen molar-refractivity contribution in [2.45, 2.75) is 18.4 Å². The van der Waals surface area contributed by atoms with E-state index in [9.17, 15) is 5.11 Å². The van der Waals surface area contributed by atoms with Gasteiger partial charge in [-0.15, -0.1) is 0 Å². The third kappa shape index (κ3) is 1.14. The smallest absolute Gasteiger partial charge is 0.193 e. The Balaban J connectivity index is 1.96. The van der Waals surface area contributed by atoms with Gasteiger partial charge in [0.1, 0.15) is 18.5 Å². The van der Waals surface area contributed by atoms with Gasteiger partial charge < -0.3 is 19.8 Å². The van der Waals surface area contributed by atoms with Crippen LogP contribution < -0.4 is 5.43 Å². The predicted octanol–water partition coefficient (Wildman–Crippen LogP) is -1.71. The van der Waals surface area contributed by atoms with Gasteiger partial charge in [0.15, 0.2) is 6.23 Å². The minimum absolute atomic E-state index is 0.118. The van der Waals surface area contributed by atoms with Gasteiger partial charge in [0.25, 0.3) is 0 Å². The summed E-state index contributed by atoms with van der Waals surface area (Å²) >= 11 is 0. The quantitative estimate of drug-likeness (QED) is 0.439. The molecule has 6 nitrogen and oxygen atoms in total. The van der Waals surface area contributed by atoms with E-state index in [0.29, 0.717) is 0 Å². The highest BCUT2D eigenvalue weighted by molar-refractivity contribution is 4.84. The highest BCUT2D eigenvalue weighted by Crippen LogP contribution is 2.18. The first-order valence-corrected chi connectivity index (χ1v) is 3.64. The number of hydrogen-bond donors (Lipinski definition) is 3. The maximum absolute atomic E-state index is 9.35. The molecule has 3 atom stereocenters. The van der Waals surface area contributed by atoms with Gasteiger partial charge in [-0.1, -0.05) is 0 Å². The summed E-state index contributed by atoms with van der Waals surface area (Å²) in [7, 11) is 0. The fourth-order valence-corrected chi connectivity index (χ4v) is 1.15. The molecule has 12 heavy (non-hydrogen) atoms. The molecule has 0 amide bonds. The minimum atomic E-state index is -0.947. The first-order chi connectivity index (χ1) is 5.79. The van der Waals surface area contributed by atoms with Gasteiger partial charge in [-0.05, 0) is 5.17 Å². The minimum Gasteiger partial charge on any atom is -0.390 e. The molecule has 0 aliphatic carbocycles. The van der Waals surface area contributed by atoms with Crippen LogP contribution in [0.25, 0.3) is 0 Å². The zero-order valence-electron chi connectivity index (χ0n) is 6.25. The molecular weight excluding hydrogens is 164 g/mol. The van der Waals surface area contributed by atoms with Crippen molar-refractivity contribution < 1.29 is 19.8 Å². The van der Waals surface area contributed by atoms with E-state index in [1.54, 1.807) is 6.20 Å². The third-order valence-electron chi connectivity index (χ3n) is 1.80. The topological polar surface area (TPSA) is 74.2 Å².